The molecule has 0 bridgehead atoms. The molecule has 0 aliphatic rings. The Balaban J connectivity index is 3.92. The first kappa shape index (κ1) is 10.5. The first-order valence-electron chi connectivity index (χ1n) is 3.97. The van der Waals surface area contributed by atoms with Gasteiger partial charge in [0.05, 0.1) is 6.61 Å². The lowest BCUT2D eigenvalue weighted by Gasteiger charge is -2.21. The molecule has 11 heavy (non-hydrogen) atoms. The maximum atomic E-state index is 5.24. The van der Waals surface area contributed by atoms with Crippen LogP contribution in [0.1, 0.15) is 20.8 Å². The highest BCUT2D eigenvalue weighted by molar-refractivity contribution is 4.94. The lowest BCUT2D eigenvalue weighted by Crippen LogP contribution is -2.21. The zero-order valence-corrected chi connectivity index (χ0v) is 7.89. The van der Waals surface area contributed by atoms with Crippen LogP contribution < -0.4 is 0 Å². The Kier molecular flexibility index (Phi) is 4.95. The van der Waals surface area contributed by atoms with Crippen LogP contribution in [0.5, 0.6) is 0 Å². The lowest BCUT2D eigenvalue weighted by molar-refractivity contribution is 0.0389. The van der Waals surface area contributed by atoms with Gasteiger partial charge in [0.2, 0.25) is 0 Å². The van der Waals surface area contributed by atoms with Gasteiger partial charge in [-0.1, -0.05) is 20.4 Å². The monoisotopic (exact) mass is 158 g/mol. The van der Waals surface area contributed by atoms with Crippen LogP contribution in [-0.2, 0) is 9.47 Å². The Hall–Kier alpha value is -0.500. The zero-order valence-electron chi connectivity index (χ0n) is 7.89. The standard InChI is InChI=1S/C9H18O2/c1-6-11-8(4)9(10-5)7(2)3/h7,9H,4,6H2,1-3,5H3. The summed E-state index contributed by atoms with van der Waals surface area (Å²) >= 11 is 0. The second kappa shape index (κ2) is 5.19. The smallest absolute Gasteiger partial charge is 0.118 e. The van der Waals surface area contributed by atoms with Crippen molar-refractivity contribution >= 4 is 0 Å². The Labute approximate surface area is 69.2 Å². The normalized spacial score (nSPS) is 13.2. The minimum atomic E-state index is 0.0231. The Morgan fingerprint density at radius 2 is 2.00 bits per heavy atom. The second-order valence-corrected chi connectivity index (χ2v) is 2.80. The molecule has 0 amide bonds. The van der Waals surface area contributed by atoms with Crippen LogP contribution in [0.15, 0.2) is 12.3 Å². The van der Waals surface area contributed by atoms with Crippen molar-refractivity contribution in [3.63, 3.8) is 0 Å². The van der Waals surface area contributed by atoms with Crippen LogP contribution in [0, 0.1) is 5.92 Å². The molecule has 1 unspecified atom stereocenters. The summed E-state index contributed by atoms with van der Waals surface area (Å²) in [5.74, 6) is 1.14. The summed E-state index contributed by atoms with van der Waals surface area (Å²) < 4.78 is 10.4. The average molecular weight is 158 g/mol. The first-order chi connectivity index (χ1) is 5.13. The van der Waals surface area contributed by atoms with Gasteiger partial charge in [-0.05, 0) is 12.8 Å². The van der Waals surface area contributed by atoms with Gasteiger partial charge in [-0.15, -0.1) is 0 Å². The molecule has 0 fully saturated rings. The number of ether oxygens (including phenoxy) is 2. The van der Waals surface area contributed by atoms with Gasteiger partial charge in [0, 0.05) is 7.11 Å². The predicted octanol–water partition coefficient (Wildman–Crippen LogP) is 2.21. The van der Waals surface area contributed by atoms with Gasteiger partial charge < -0.3 is 9.47 Å². The number of methoxy groups -OCH3 is 1. The molecule has 1 atom stereocenters. The maximum Gasteiger partial charge on any atom is 0.118 e. The van der Waals surface area contributed by atoms with Crippen LogP contribution in [0.3, 0.4) is 0 Å². The molecule has 0 heterocycles. The molecule has 0 aliphatic heterocycles. The molecule has 0 aromatic rings. The van der Waals surface area contributed by atoms with Gasteiger partial charge in [0.15, 0.2) is 0 Å². The average Bonchev–Trinajstić information content (AvgIpc) is 1.88. The summed E-state index contributed by atoms with van der Waals surface area (Å²) in [4.78, 5) is 0. The molecule has 0 aromatic heterocycles. The van der Waals surface area contributed by atoms with Crippen molar-refractivity contribution in [2.75, 3.05) is 13.7 Å². The third-order valence-electron chi connectivity index (χ3n) is 1.51. The van der Waals surface area contributed by atoms with Gasteiger partial charge >= 0.3 is 0 Å². The van der Waals surface area contributed by atoms with E-state index in [2.05, 4.69) is 20.4 Å². The van der Waals surface area contributed by atoms with Crippen molar-refractivity contribution in [2.24, 2.45) is 5.92 Å². The van der Waals surface area contributed by atoms with E-state index in [0.29, 0.717) is 12.5 Å². The molecule has 0 saturated carbocycles. The van der Waals surface area contributed by atoms with E-state index < -0.39 is 0 Å². The summed E-state index contributed by atoms with van der Waals surface area (Å²) in [6, 6.07) is 0. The van der Waals surface area contributed by atoms with E-state index in [-0.39, 0.29) is 6.10 Å². The molecule has 2 nitrogen and oxygen atoms in total. The predicted molar refractivity (Wildman–Crippen MR) is 46.4 cm³/mol. The molecular formula is C9H18O2. The van der Waals surface area contributed by atoms with Gasteiger partial charge in [-0.2, -0.15) is 0 Å². The molecular weight excluding hydrogens is 140 g/mol. The van der Waals surface area contributed by atoms with Crippen molar-refractivity contribution in [1.82, 2.24) is 0 Å². The zero-order chi connectivity index (χ0) is 8.85. The van der Waals surface area contributed by atoms with Gasteiger partial charge in [0.25, 0.3) is 0 Å². The topological polar surface area (TPSA) is 18.5 Å². The van der Waals surface area contributed by atoms with Gasteiger partial charge in [0.1, 0.15) is 11.9 Å². The minimum Gasteiger partial charge on any atom is -0.496 e. The summed E-state index contributed by atoms with van der Waals surface area (Å²) in [6.07, 6.45) is 0.0231. The molecule has 66 valence electrons. The van der Waals surface area contributed by atoms with Gasteiger partial charge in [-0.3, -0.25) is 0 Å². The second-order valence-electron chi connectivity index (χ2n) is 2.80. The highest BCUT2D eigenvalue weighted by Gasteiger charge is 2.16. The largest absolute Gasteiger partial charge is 0.496 e. The SMILES string of the molecule is C=C(OCC)C(OC)C(C)C. The van der Waals surface area contributed by atoms with Crippen molar-refractivity contribution < 1.29 is 9.47 Å². The minimum absolute atomic E-state index is 0.0231. The summed E-state index contributed by atoms with van der Waals surface area (Å²) in [6.45, 7) is 10.6. The van der Waals surface area contributed by atoms with Crippen molar-refractivity contribution in [1.29, 1.82) is 0 Å². The van der Waals surface area contributed by atoms with Gasteiger partial charge in [-0.25, -0.2) is 0 Å². The number of hydrogen-bond donors (Lipinski definition) is 0. The van der Waals surface area contributed by atoms with E-state index in [1.807, 2.05) is 6.92 Å². The molecule has 0 spiro atoms. The van der Waals surface area contributed by atoms with Crippen molar-refractivity contribution in [2.45, 2.75) is 26.9 Å². The molecule has 0 rings (SSSR count). The third kappa shape index (κ3) is 3.42. The fourth-order valence-electron chi connectivity index (χ4n) is 1.04. The molecule has 0 radical (unpaired) electrons. The fraction of sp³-hybridized carbons (Fsp3) is 0.778. The van der Waals surface area contributed by atoms with E-state index in [1.165, 1.54) is 0 Å². The Morgan fingerprint density at radius 1 is 1.45 bits per heavy atom. The van der Waals surface area contributed by atoms with Crippen molar-refractivity contribution in [3.8, 4) is 0 Å². The highest BCUT2D eigenvalue weighted by atomic mass is 16.5. The maximum absolute atomic E-state index is 5.24. The molecule has 0 N–H and O–H groups in total. The van der Waals surface area contributed by atoms with E-state index >= 15 is 0 Å². The quantitative estimate of drug-likeness (QED) is 0.571. The van der Waals surface area contributed by atoms with Crippen molar-refractivity contribution in [3.05, 3.63) is 12.3 Å². The molecule has 0 aliphatic carbocycles. The summed E-state index contributed by atoms with van der Waals surface area (Å²) in [5.41, 5.74) is 0. The Bertz CT molecular complexity index is 119. The van der Waals surface area contributed by atoms with Crippen LogP contribution in [0.25, 0.3) is 0 Å². The third-order valence-corrected chi connectivity index (χ3v) is 1.51. The Morgan fingerprint density at radius 3 is 2.27 bits per heavy atom. The van der Waals surface area contributed by atoms with E-state index in [1.54, 1.807) is 7.11 Å². The molecule has 0 saturated heterocycles. The van der Waals surface area contributed by atoms with E-state index in [4.69, 9.17) is 9.47 Å². The number of hydrogen-bond acceptors (Lipinski definition) is 2. The van der Waals surface area contributed by atoms with E-state index in [0.717, 1.165) is 5.76 Å². The lowest BCUT2D eigenvalue weighted by atomic mass is 10.1. The first-order valence-corrected chi connectivity index (χ1v) is 3.97. The van der Waals surface area contributed by atoms with Crippen LogP contribution >= 0.6 is 0 Å². The molecule has 2 heteroatoms. The van der Waals surface area contributed by atoms with Crippen LogP contribution in [0.2, 0.25) is 0 Å². The van der Waals surface area contributed by atoms with E-state index in [9.17, 15) is 0 Å². The summed E-state index contributed by atoms with van der Waals surface area (Å²) in [5, 5.41) is 0. The molecule has 0 aromatic carbocycles. The number of rotatable bonds is 5. The highest BCUT2D eigenvalue weighted by Crippen LogP contribution is 2.14. The fourth-order valence-corrected chi connectivity index (χ4v) is 1.04. The van der Waals surface area contributed by atoms with Crippen LogP contribution in [-0.4, -0.2) is 19.8 Å². The summed E-state index contributed by atoms with van der Waals surface area (Å²) in [7, 11) is 1.68. The van der Waals surface area contributed by atoms with Crippen LogP contribution in [0.4, 0.5) is 0 Å².